The third-order valence-electron chi connectivity index (χ3n) is 3.55. The van der Waals surface area contributed by atoms with Crippen LogP contribution in [-0.4, -0.2) is 22.6 Å². The zero-order valence-electron chi connectivity index (χ0n) is 10.4. The highest BCUT2D eigenvalue weighted by atomic mass is 79.9. The first kappa shape index (κ1) is 13.4. The summed E-state index contributed by atoms with van der Waals surface area (Å²) in [6, 6.07) is 6.45. The number of benzene rings is 1. The second-order valence-corrected chi connectivity index (χ2v) is 4.80. The summed E-state index contributed by atoms with van der Waals surface area (Å²) in [4.78, 5) is 15.0. The maximum absolute atomic E-state index is 12.0. The fourth-order valence-corrected chi connectivity index (χ4v) is 2.66. The lowest BCUT2D eigenvalue weighted by Crippen LogP contribution is -2.33. The van der Waals surface area contributed by atoms with E-state index in [2.05, 4.69) is 23.3 Å². The van der Waals surface area contributed by atoms with E-state index in [1.807, 2.05) is 16.7 Å². The molecule has 2 aromatic rings. The van der Waals surface area contributed by atoms with Gasteiger partial charge in [0.15, 0.2) is 0 Å². The van der Waals surface area contributed by atoms with Crippen LogP contribution in [0.4, 0.5) is 0 Å². The van der Waals surface area contributed by atoms with Gasteiger partial charge in [-0.3, -0.25) is 4.57 Å². The second kappa shape index (κ2) is 5.28. The van der Waals surface area contributed by atoms with Crippen molar-refractivity contribution in [1.82, 2.24) is 14.9 Å². The largest absolute Gasteiger partial charge is 0.326 e. The minimum atomic E-state index is 0. The van der Waals surface area contributed by atoms with Crippen LogP contribution in [0.3, 0.4) is 0 Å². The van der Waals surface area contributed by atoms with Gasteiger partial charge in [-0.05, 0) is 50.6 Å². The Morgan fingerprint density at radius 3 is 2.72 bits per heavy atom. The van der Waals surface area contributed by atoms with E-state index in [4.69, 9.17) is 0 Å². The van der Waals surface area contributed by atoms with Gasteiger partial charge in [0.1, 0.15) is 0 Å². The monoisotopic (exact) mass is 311 g/mol. The maximum atomic E-state index is 12.0. The first-order valence-electron chi connectivity index (χ1n) is 6.17. The van der Waals surface area contributed by atoms with E-state index >= 15 is 0 Å². The zero-order chi connectivity index (χ0) is 11.8. The van der Waals surface area contributed by atoms with Gasteiger partial charge in [0.05, 0.1) is 11.0 Å². The van der Waals surface area contributed by atoms with E-state index < -0.39 is 0 Å². The number of aromatic amines is 1. The van der Waals surface area contributed by atoms with Crippen molar-refractivity contribution in [3.8, 4) is 0 Å². The molecule has 1 saturated heterocycles. The summed E-state index contributed by atoms with van der Waals surface area (Å²) in [6.45, 7) is 4.05. The number of halogens is 1. The average molecular weight is 312 g/mol. The highest BCUT2D eigenvalue weighted by Crippen LogP contribution is 2.22. The SMILES string of the molecule is Br.Cc1ccc2[nH]c(=O)n(C3CCNCC3)c2c1. The Morgan fingerprint density at radius 1 is 1.28 bits per heavy atom. The molecule has 1 aromatic carbocycles. The lowest BCUT2D eigenvalue weighted by atomic mass is 10.1. The minimum Gasteiger partial charge on any atom is -0.317 e. The number of nitrogens with one attached hydrogen (secondary N) is 2. The average Bonchev–Trinajstić information content (AvgIpc) is 2.65. The fraction of sp³-hybridized carbons (Fsp3) is 0.462. The third-order valence-corrected chi connectivity index (χ3v) is 3.55. The molecule has 2 N–H and O–H groups in total. The van der Waals surface area contributed by atoms with Crippen LogP contribution in [0.25, 0.3) is 11.0 Å². The van der Waals surface area contributed by atoms with E-state index in [0.717, 1.165) is 37.0 Å². The van der Waals surface area contributed by atoms with Gasteiger partial charge in [0.25, 0.3) is 0 Å². The van der Waals surface area contributed by atoms with Gasteiger partial charge in [-0.25, -0.2) is 4.79 Å². The summed E-state index contributed by atoms with van der Waals surface area (Å²) in [5.41, 5.74) is 3.21. The van der Waals surface area contributed by atoms with Crippen LogP contribution in [0.15, 0.2) is 23.0 Å². The Kier molecular flexibility index (Phi) is 3.92. The van der Waals surface area contributed by atoms with Crippen LogP contribution in [-0.2, 0) is 0 Å². The summed E-state index contributed by atoms with van der Waals surface area (Å²) in [5.74, 6) is 0. The van der Waals surface area contributed by atoms with Crippen LogP contribution in [0.5, 0.6) is 0 Å². The van der Waals surface area contributed by atoms with Crippen molar-refractivity contribution in [2.75, 3.05) is 13.1 Å². The number of nitrogens with zero attached hydrogens (tertiary/aromatic N) is 1. The molecule has 0 spiro atoms. The zero-order valence-corrected chi connectivity index (χ0v) is 12.1. The Hall–Kier alpha value is -1.07. The number of imidazole rings is 1. The molecule has 1 aliphatic heterocycles. The van der Waals surface area contributed by atoms with E-state index in [1.54, 1.807) is 0 Å². The van der Waals surface area contributed by atoms with Crippen molar-refractivity contribution in [2.24, 2.45) is 0 Å². The molecular weight excluding hydrogens is 294 g/mol. The molecule has 2 heterocycles. The van der Waals surface area contributed by atoms with Gasteiger partial charge >= 0.3 is 5.69 Å². The summed E-state index contributed by atoms with van der Waals surface area (Å²) in [6.07, 6.45) is 2.06. The number of aryl methyl sites for hydroxylation is 1. The van der Waals surface area contributed by atoms with Crippen molar-refractivity contribution in [1.29, 1.82) is 0 Å². The summed E-state index contributed by atoms with van der Waals surface area (Å²) in [5, 5.41) is 3.33. The quantitative estimate of drug-likeness (QED) is 0.847. The lowest BCUT2D eigenvalue weighted by Gasteiger charge is -2.23. The fourth-order valence-electron chi connectivity index (χ4n) is 2.66. The Balaban J connectivity index is 0.00000120. The summed E-state index contributed by atoms with van der Waals surface area (Å²) < 4.78 is 1.93. The van der Waals surface area contributed by atoms with Crippen molar-refractivity contribution in [3.05, 3.63) is 34.2 Å². The topological polar surface area (TPSA) is 49.8 Å². The smallest absolute Gasteiger partial charge is 0.317 e. The van der Waals surface area contributed by atoms with E-state index in [9.17, 15) is 4.79 Å². The maximum Gasteiger partial charge on any atom is 0.326 e. The van der Waals surface area contributed by atoms with E-state index in [0.29, 0.717) is 6.04 Å². The van der Waals surface area contributed by atoms with Crippen LogP contribution in [0, 0.1) is 6.92 Å². The van der Waals surface area contributed by atoms with Crippen molar-refractivity contribution in [2.45, 2.75) is 25.8 Å². The molecule has 4 nitrogen and oxygen atoms in total. The van der Waals surface area contributed by atoms with Crippen LogP contribution < -0.4 is 11.0 Å². The predicted octanol–water partition coefficient (Wildman–Crippen LogP) is 2.14. The van der Waals surface area contributed by atoms with Crippen molar-refractivity contribution >= 4 is 28.0 Å². The normalized spacial score (nSPS) is 16.7. The Bertz CT molecular complexity index is 596. The van der Waals surface area contributed by atoms with Gasteiger partial charge in [-0.15, -0.1) is 17.0 Å². The molecule has 18 heavy (non-hydrogen) atoms. The van der Waals surface area contributed by atoms with E-state index in [1.165, 1.54) is 5.56 Å². The standard InChI is InChI=1S/C13H17N3O.BrH/c1-9-2-3-11-12(8-9)16(13(17)15-11)10-4-6-14-7-5-10;/h2-3,8,10,14H,4-7H2,1H3,(H,15,17);1H. The predicted molar refractivity (Wildman–Crippen MR) is 78.8 cm³/mol. The van der Waals surface area contributed by atoms with Gasteiger partial charge in [-0.2, -0.15) is 0 Å². The molecule has 3 rings (SSSR count). The molecule has 0 unspecified atom stereocenters. The van der Waals surface area contributed by atoms with Crippen LogP contribution in [0.2, 0.25) is 0 Å². The second-order valence-electron chi connectivity index (χ2n) is 4.80. The van der Waals surface area contributed by atoms with Gasteiger partial charge in [-0.1, -0.05) is 6.07 Å². The van der Waals surface area contributed by atoms with Gasteiger partial charge in [0.2, 0.25) is 0 Å². The number of H-pyrrole nitrogens is 1. The van der Waals surface area contributed by atoms with E-state index in [-0.39, 0.29) is 22.7 Å². The molecule has 0 amide bonds. The molecule has 0 atom stereocenters. The number of aromatic nitrogens is 2. The summed E-state index contributed by atoms with van der Waals surface area (Å²) >= 11 is 0. The molecule has 0 aliphatic carbocycles. The molecule has 5 heteroatoms. The number of hydrogen-bond donors (Lipinski definition) is 2. The summed E-state index contributed by atoms with van der Waals surface area (Å²) in [7, 11) is 0. The number of fused-ring (bicyclic) bond motifs is 1. The lowest BCUT2D eigenvalue weighted by molar-refractivity contribution is 0.368. The van der Waals surface area contributed by atoms with Crippen LogP contribution in [0.1, 0.15) is 24.4 Å². The van der Waals surface area contributed by atoms with Crippen molar-refractivity contribution < 1.29 is 0 Å². The van der Waals surface area contributed by atoms with Gasteiger partial charge < -0.3 is 10.3 Å². The highest BCUT2D eigenvalue weighted by molar-refractivity contribution is 8.93. The number of piperidine rings is 1. The van der Waals surface area contributed by atoms with Crippen LogP contribution >= 0.6 is 17.0 Å². The Labute approximate surface area is 116 Å². The molecular formula is C13H18BrN3O. The molecule has 1 fully saturated rings. The molecule has 0 radical (unpaired) electrons. The first-order valence-corrected chi connectivity index (χ1v) is 6.17. The molecule has 1 aromatic heterocycles. The van der Waals surface area contributed by atoms with Crippen molar-refractivity contribution in [3.63, 3.8) is 0 Å². The first-order chi connectivity index (χ1) is 8.25. The molecule has 1 aliphatic rings. The highest BCUT2D eigenvalue weighted by Gasteiger charge is 2.19. The van der Waals surface area contributed by atoms with Gasteiger partial charge in [0, 0.05) is 6.04 Å². The third kappa shape index (κ3) is 2.24. The molecule has 98 valence electrons. The number of rotatable bonds is 1. The minimum absolute atomic E-state index is 0. The molecule has 0 bridgehead atoms. The number of hydrogen-bond acceptors (Lipinski definition) is 2. The molecule has 0 saturated carbocycles. The Morgan fingerprint density at radius 2 is 2.00 bits per heavy atom.